The summed E-state index contributed by atoms with van der Waals surface area (Å²) in [5.74, 6) is -0.155. The van der Waals surface area contributed by atoms with E-state index in [0.717, 1.165) is 6.07 Å². The van der Waals surface area contributed by atoms with E-state index in [1.807, 2.05) is 6.92 Å². The predicted molar refractivity (Wildman–Crippen MR) is 90.8 cm³/mol. The van der Waals surface area contributed by atoms with Crippen molar-refractivity contribution < 1.29 is 22.3 Å². The molecule has 0 aliphatic rings. The molecule has 7 heteroatoms. The Kier molecular flexibility index (Phi) is 5.66. The van der Waals surface area contributed by atoms with Gasteiger partial charge in [-0.15, -0.1) is 0 Å². The number of rotatable bonds is 7. The quantitative estimate of drug-likeness (QED) is 0.765. The van der Waals surface area contributed by atoms with Crippen molar-refractivity contribution in [2.45, 2.75) is 18.7 Å². The molecule has 0 radical (unpaired) electrons. The summed E-state index contributed by atoms with van der Waals surface area (Å²) < 4.78 is 51.1. The Bertz CT molecular complexity index is 808. The van der Waals surface area contributed by atoms with Gasteiger partial charge in [-0.05, 0) is 44.2 Å². The van der Waals surface area contributed by atoms with Gasteiger partial charge in [-0.1, -0.05) is 6.07 Å². The largest absolute Gasteiger partial charge is 0.494 e. The molecule has 0 atom stereocenters. The second-order valence-corrected chi connectivity index (χ2v) is 6.76. The lowest BCUT2D eigenvalue weighted by Gasteiger charge is -2.23. The molecule has 0 saturated heterocycles. The molecule has 0 aromatic heterocycles. The number of benzene rings is 2. The molecule has 0 aliphatic heterocycles. The first-order chi connectivity index (χ1) is 11.4. The summed E-state index contributed by atoms with van der Waals surface area (Å²) in [6, 6.07) is 10.4. The van der Waals surface area contributed by atoms with E-state index < -0.39 is 15.8 Å². The van der Waals surface area contributed by atoms with E-state index in [-0.39, 0.29) is 17.2 Å². The van der Waals surface area contributed by atoms with Gasteiger partial charge in [0.25, 0.3) is 10.0 Å². The first kappa shape index (κ1) is 18.1. The van der Waals surface area contributed by atoms with E-state index in [2.05, 4.69) is 0 Å². The Balaban J connectivity index is 2.45. The predicted octanol–water partition coefficient (Wildman–Crippen LogP) is 3.45. The molecular formula is C17H20FNO4S. The van der Waals surface area contributed by atoms with Crippen LogP contribution in [0.4, 0.5) is 10.1 Å². The molecule has 0 bridgehead atoms. The summed E-state index contributed by atoms with van der Waals surface area (Å²) in [5, 5.41) is 0. The highest BCUT2D eigenvalue weighted by atomic mass is 32.2. The second kappa shape index (κ2) is 7.53. The van der Waals surface area contributed by atoms with Crippen LogP contribution < -0.4 is 13.8 Å². The van der Waals surface area contributed by atoms with Crippen LogP contribution in [-0.4, -0.2) is 28.7 Å². The lowest BCUT2D eigenvalue weighted by atomic mass is 10.3. The molecule has 0 spiro atoms. The van der Waals surface area contributed by atoms with E-state index in [0.29, 0.717) is 18.0 Å². The number of hydrogen-bond acceptors (Lipinski definition) is 4. The first-order valence-corrected chi connectivity index (χ1v) is 8.97. The topological polar surface area (TPSA) is 55.8 Å². The van der Waals surface area contributed by atoms with Gasteiger partial charge in [-0.2, -0.15) is 0 Å². The van der Waals surface area contributed by atoms with Crippen molar-refractivity contribution in [1.82, 2.24) is 0 Å². The maximum absolute atomic E-state index is 13.9. The van der Waals surface area contributed by atoms with E-state index in [4.69, 9.17) is 9.47 Å². The van der Waals surface area contributed by atoms with Gasteiger partial charge in [0.05, 0.1) is 24.3 Å². The van der Waals surface area contributed by atoms with E-state index in [1.165, 1.54) is 23.5 Å². The van der Waals surface area contributed by atoms with Crippen LogP contribution in [0.15, 0.2) is 47.4 Å². The van der Waals surface area contributed by atoms with Crippen LogP contribution in [-0.2, 0) is 10.0 Å². The molecule has 2 aromatic carbocycles. The van der Waals surface area contributed by atoms with Gasteiger partial charge in [-0.25, -0.2) is 12.8 Å². The molecule has 2 rings (SSSR count). The molecule has 0 saturated carbocycles. The van der Waals surface area contributed by atoms with Crippen molar-refractivity contribution in [3.63, 3.8) is 0 Å². The van der Waals surface area contributed by atoms with Gasteiger partial charge in [0.1, 0.15) is 5.75 Å². The molecule has 0 aliphatic carbocycles. The molecule has 24 heavy (non-hydrogen) atoms. The number of ether oxygens (including phenoxy) is 2. The van der Waals surface area contributed by atoms with Gasteiger partial charge in [0, 0.05) is 12.6 Å². The Morgan fingerprint density at radius 1 is 1.12 bits per heavy atom. The number of methoxy groups -OCH3 is 1. The highest BCUT2D eigenvalue weighted by Crippen LogP contribution is 2.28. The van der Waals surface area contributed by atoms with Gasteiger partial charge < -0.3 is 9.47 Å². The minimum atomic E-state index is -3.90. The molecule has 5 nitrogen and oxygen atoms in total. The molecule has 0 heterocycles. The molecule has 0 unspecified atom stereocenters. The van der Waals surface area contributed by atoms with Crippen LogP contribution >= 0.6 is 0 Å². The van der Waals surface area contributed by atoms with Crippen molar-refractivity contribution in [3.05, 3.63) is 48.3 Å². The lowest BCUT2D eigenvalue weighted by Crippen LogP contribution is -2.30. The highest BCUT2D eigenvalue weighted by molar-refractivity contribution is 7.92. The molecule has 0 N–H and O–H groups in total. The summed E-state index contributed by atoms with van der Waals surface area (Å²) >= 11 is 0. The molecule has 130 valence electrons. The molecule has 2 aromatic rings. The van der Waals surface area contributed by atoms with E-state index in [9.17, 15) is 12.8 Å². The fourth-order valence-corrected chi connectivity index (χ4v) is 3.80. The second-order valence-electron chi connectivity index (χ2n) is 4.90. The summed E-state index contributed by atoms with van der Waals surface area (Å²) in [6.45, 7) is 4.24. The lowest BCUT2D eigenvalue weighted by molar-refractivity contribution is 0.340. The third kappa shape index (κ3) is 3.62. The zero-order valence-corrected chi connectivity index (χ0v) is 14.6. The Morgan fingerprint density at radius 2 is 1.88 bits per heavy atom. The van der Waals surface area contributed by atoms with Gasteiger partial charge in [-0.3, -0.25) is 4.31 Å². The van der Waals surface area contributed by atoms with Gasteiger partial charge in [0.2, 0.25) is 0 Å². The number of halogens is 1. The van der Waals surface area contributed by atoms with Crippen molar-refractivity contribution in [2.75, 3.05) is 24.6 Å². The summed E-state index contributed by atoms with van der Waals surface area (Å²) in [5.41, 5.74) is 0.458. The molecule has 0 amide bonds. The summed E-state index contributed by atoms with van der Waals surface area (Å²) in [4.78, 5) is -0.135. The Morgan fingerprint density at radius 3 is 2.46 bits per heavy atom. The number of nitrogens with zero attached hydrogens (tertiary/aromatic N) is 1. The van der Waals surface area contributed by atoms with Crippen LogP contribution in [0, 0.1) is 5.82 Å². The van der Waals surface area contributed by atoms with Crippen LogP contribution in [0.25, 0.3) is 0 Å². The highest BCUT2D eigenvalue weighted by Gasteiger charge is 2.25. The fraction of sp³-hybridized carbons (Fsp3) is 0.294. The van der Waals surface area contributed by atoms with Crippen molar-refractivity contribution in [1.29, 1.82) is 0 Å². The monoisotopic (exact) mass is 353 g/mol. The van der Waals surface area contributed by atoms with Gasteiger partial charge in [0.15, 0.2) is 11.6 Å². The Hall–Kier alpha value is -2.28. The van der Waals surface area contributed by atoms with Crippen LogP contribution in [0.1, 0.15) is 13.8 Å². The zero-order chi connectivity index (χ0) is 17.7. The van der Waals surface area contributed by atoms with Crippen LogP contribution in [0.3, 0.4) is 0 Å². The number of anilines is 1. The Labute approximate surface area is 141 Å². The average molecular weight is 353 g/mol. The van der Waals surface area contributed by atoms with Gasteiger partial charge >= 0.3 is 0 Å². The number of hydrogen-bond donors (Lipinski definition) is 0. The van der Waals surface area contributed by atoms with E-state index >= 15 is 0 Å². The maximum atomic E-state index is 13.9. The number of sulfonamides is 1. The molecular weight excluding hydrogens is 333 g/mol. The summed E-state index contributed by atoms with van der Waals surface area (Å²) in [6.07, 6.45) is 0. The normalized spacial score (nSPS) is 11.2. The minimum Gasteiger partial charge on any atom is -0.494 e. The standard InChI is InChI=1S/C17H20FNO4S/c1-4-19(13-7-6-8-14(11-13)23-5-2)24(20,21)15-9-10-17(22-3)16(18)12-15/h6-12H,4-5H2,1-3H3. The fourth-order valence-electron chi connectivity index (χ4n) is 2.32. The average Bonchev–Trinajstić information content (AvgIpc) is 2.56. The van der Waals surface area contributed by atoms with Crippen LogP contribution in [0.5, 0.6) is 11.5 Å². The first-order valence-electron chi connectivity index (χ1n) is 7.53. The third-order valence-corrected chi connectivity index (χ3v) is 5.31. The third-order valence-electron chi connectivity index (χ3n) is 3.42. The SMILES string of the molecule is CCOc1cccc(N(CC)S(=O)(=O)c2ccc(OC)c(F)c2)c1. The van der Waals surface area contributed by atoms with Crippen molar-refractivity contribution in [3.8, 4) is 11.5 Å². The van der Waals surface area contributed by atoms with Crippen molar-refractivity contribution >= 4 is 15.7 Å². The zero-order valence-electron chi connectivity index (χ0n) is 13.8. The smallest absolute Gasteiger partial charge is 0.264 e. The van der Waals surface area contributed by atoms with Crippen molar-refractivity contribution in [2.24, 2.45) is 0 Å². The summed E-state index contributed by atoms with van der Waals surface area (Å²) in [7, 11) is -2.58. The maximum Gasteiger partial charge on any atom is 0.264 e. The van der Waals surface area contributed by atoms with Crippen LogP contribution in [0.2, 0.25) is 0 Å². The minimum absolute atomic E-state index is 0.00431. The molecule has 0 fully saturated rings. The van der Waals surface area contributed by atoms with E-state index in [1.54, 1.807) is 31.2 Å².